The fourth-order valence-corrected chi connectivity index (χ4v) is 6.26. The predicted octanol–water partition coefficient (Wildman–Crippen LogP) is 5.18. The van der Waals surface area contributed by atoms with Crippen molar-refractivity contribution in [3.8, 4) is 0 Å². The largest absolute Gasteiger partial charge is 0.464 e. The molecule has 0 aromatic heterocycles. The van der Waals surface area contributed by atoms with Crippen LogP contribution >= 0.6 is 11.6 Å². The van der Waals surface area contributed by atoms with Crippen molar-refractivity contribution in [2.24, 2.45) is 10.5 Å². The van der Waals surface area contributed by atoms with Gasteiger partial charge in [-0.2, -0.15) is 10.1 Å². The number of benzene rings is 3. The lowest BCUT2D eigenvalue weighted by molar-refractivity contribution is -0.166. The van der Waals surface area contributed by atoms with E-state index in [4.69, 9.17) is 26.2 Å². The molecule has 1 amide bonds. The molecule has 2 aliphatic rings. The van der Waals surface area contributed by atoms with Gasteiger partial charge in [0.15, 0.2) is 0 Å². The second-order valence-corrected chi connectivity index (χ2v) is 10.3. The van der Waals surface area contributed by atoms with Crippen molar-refractivity contribution in [1.82, 2.24) is 5.32 Å². The Hall–Kier alpha value is -4.08. The van der Waals surface area contributed by atoms with Crippen LogP contribution in [0.3, 0.4) is 0 Å². The highest BCUT2D eigenvalue weighted by molar-refractivity contribution is 6.31. The number of ether oxygens (including phenoxy) is 2. The lowest BCUT2D eigenvalue weighted by Crippen LogP contribution is -2.60. The van der Waals surface area contributed by atoms with Crippen LogP contribution in [0.25, 0.3) is 0 Å². The molecule has 5 rings (SSSR count). The fourth-order valence-electron chi connectivity index (χ4n) is 6.07. The summed E-state index contributed by atoms with van der Waals surface area (Å²) in [6.45, 7) is 4.88. The van der Waals surface area contributed by atoms with Gasteiger partial charge in [-0.15, -0.1) is 0 Å². The van der Waals surface area contributed by atoms with Crippen LogP contribution in [0.4, 0.5) is 10.1 Å². The second-order valence-electron chi connectivity index (χ2n) is 9.85. The number of anilines is 1. The molecule has 1 saturated heterocycles. The minimum atomic E-state index is -2.17. The molecule has 0 unspecified atom stereocenters. The van der Waals surface area contributed by atoms with Gasteiger partial charge in [-0.3, -0.25) is 10.1 Å². The Labute approximate surface area is 242 Å². The molecule has 1 fully saturated rings. The van der Waals surface area contributed by atoms with Crippen molar-refractivity contribution >= 4 is 40.8 Å². The van der Waals surface area contributed by atoms with E-state index < -0.39 is 46.6 Å². The van der Waals surface area contributed by atoms with Crippen LogP contribution in [0.15, 0.2) is 84.0 Å². The van der Waals surface area contributed by atoms with Crippen LogP contribution in [0.2, 0.25) is 5.02 Å². The Morgan fingerprint density at radius 2 is 1.54 bits per heavy atom. The van der Waals surface area contributed by atoms with Crippen molar-refractivity contribution < 1.29 is 28.2 Å². The van der Waals surface area contributed by atoms with E-state index in [-0.39, 0.29) is 18.2 Å². The third-order valence-electron chi connectivity index (χ3n) is 7.72. The summed E-state index contributed by atoms with van der Waals surface area (Å²) in [4.78, 5) is 42.9. The lowest BCUT2D eigenvalue weighted by Gasteiger charge is -2.37. The van der Waals surface area contributed by atoms with E-state index >= 15 is 0 Å². The van der Waals surface area contributed by atoms with E-state index in [0.29, 0.717) is 22.5 Å². The molecule has 10 heteroatoms. The number of carbonyl (C=O) groups is 3. The molecular weight excluding hydrogens is 549 g/mol. The number of para-hydroxylation sites is 1. The number of rotatable bonds is 7. The standard InChI is InChI=1S/C31H29ClFN3O5/c1-4-40-28(38)31(29(39)41-5-2)25(20-12-8-6-9-13-20)30(26(34-31)21-16-17-24(33)23(32)18-21)19(3)35-36(27(30)37)22-14-10-7-11-15-22/h6-18,25-26,34H,4-5H2,1-3H3/t25-,26+,30+/m0/s1. The van der Waals surface area contributed by atoms with Crippen molar-refractivity contribution in [3.05, 3.63) is 101 Å². The van der Waals surface area contributed by atoms with E-state index in [1.165, 1.54) is 23.2 Å². The van der Waals surface area contributed by atoms with E-state index in [2.05, 4.69) is 5.32 Å². The fraction of sp³-hybridized carbons (Fsp3) is 0.290. The Morgan fingerprint density at radius 1 is 0.951 bits per heavy atom. The second kappa shape index (κ2) is 11.1. The number of nitrogens with zero attached hydrogens (tertiary/aromatic N) is 2. The van der Waals surface area contributed by atoms with Gasteiger partial charge in [0.25, 0.3) is 5.91 Å². The average molecular weight is 578 g/mol. The first kappa shape index (κ1) is 28.4. The highest BCUT2D eigenvalue weighted by Gasteiger charge is 2.76. The zero-order chi connectivity index (χ0) is 29.4. The van der Waals surface area contributed by atoms with Crippen molar-refractivity contribution in [1.29, 1.82) is 0 Å². The summed E-state index contributed by atoms with van der Waals surface area (Å²) < 4.78 is 25.4. The van der Waals surface area contributed by atoms with E-state index in [9.17, 15) is 18.8 Å². The summed E-state index contributed by atoms with van der Waals surface area (Å²) in [5.41, 5.74) is -2.09. The summed E-state index contributed by atoms with van der Waals surface area (Å²) in [7, 11) is 0. The lowest BCUT2D eigenvalue weighted by atomic mass is 9.61. The van der Waals surface area contributed by atoms with E-state index in [0.717, 1.165) is 0 Å². The molecule has 0 aliphatic carbocycles. The van der Waals surface area contributed by atoms with Crippen LogP contribution < -0.4 is 10.3 Å². The topological polar surface area (TPSA) is 97.3 Å². The van der Waals surface area contributed by atoms with Gasteiger partial charge in [0, 0.05) is 5.92 Å². The van der Waals surface area contributed by atoms with Crippen molar-refractivity contribution in [3.63, 3.8) is 0 Å². The number of hydrogen-bond acceptors (Lipinski definition) is 7. The van der Waals surface area contributed by atoms with Gasteiger partial charge in [-0.25, -0.2) is 14.0 Å². The number of esters is 2. The zero-order valence-electron chi connectivity index (χ0n) is 22.8. The number of amides is 1. The number of halogens is 2. The first-order valence-electron chi connectivity index (χ1n) is 13.3. The third-order valence-corrected chi connectivity index (χ3v) is 8.01. The minimum Gasteiger partial charge on any atom is -0.464 e. The van der Waals surface area contributed by atoms with Crippen LogP contribution in [0.1, 0.15) is 43.9 Å². The maximum Gasteiger partial charge on any atom is 0.338 e. The maximum atomic E-state index is 14.9. The first-order valence-corrected chi connectivity index (χ1v) is 13.7. The number of nitrogens with one attached hydrogen (secondary N) is 1. The van der Waals surface area contributed by atoms with Crippen LogP contribution in [0, 0.1) is 11.2 Å². The Kier molecular flexibility index (Phi) is 7.68. The first-order chi connectivity index (χ1) is 19.7. The Balaban J connectivity index is 1.87. The minimum absolute atomic E-state index is 0.0274. The van der Waals surface area contributed by atoms with Crippen LogP contribution in [0.5, 0.6) is 0 Å². The summed E-state index contributed by atoms with van der Waals surface area (Å²) >= 11 is 6.22. The molecule has 3 aromatic rings. The molecular formula is C31H29ClFN3O5. The van der Waals surface area contributed by atoms with Gasteiger partial charge in [-0.05, 0) is 56.2 Å². The summed E-state index contributed by atoms with van der Waals surface area (Å²) in [6.07, 6.45) is 0. The number of hydrogen-bond donors (Lipinski definition) is 1. The molecule has 2 heterocycles. The maximum absolute atomic E-state index is 14.9. The smallest absolute Gasteiger partial charge is 0.338 e. The highest BCUT2D eigenvalue weighted by Crippen LogP contribution is 2.61. The molecule has 0 bridgehead atoms. The molecule has 1 N–H and O–H groups in total. The van der Waals surface area contributed by atoms with Crippen LogP contribution in [-0.4, -0.2) is 42.3 Å². The van der Waals surface area contributed by atoms with Crippen molar-refractivity contribution in [2.75, 3.05) is 18.2 Å². The monoisotopic (exact) mass is 577 g/mol. The molecule has 1 spiro atoms. The van der Waals surface area contributed by atoms with Crippen LogP contribution in [-0.2, 0) is 23.9 Å². The average Bonchev–Trinajstić information content (AvgIpc) is 3.45. The normalized spacial score (nSPS) is 23.0. The number of carbonyl (C=O) groups excluding carboxylic acids is 3. The molecule has 0 radical (unpaired) electrons. The molecule has 0 saturated carbocycles. The van der Waals surface area contributed by atoms with Gasteiger partial charge in [0.05, 0.1) is 35.7 Å². The summed E-state index contributed by atoms with van der Waals surface area (Å²) in [5.74, 6) is -4.11. The molecule has 8 nitrogen and oxygen atoms in total. The summed E-state index contributed by atoms with van der Waals surface area (Å²) in [5, 5.41) is 8.98. The summed E-state index contributed by atoms with van der Waals surface area (Å²) in [6, 6.07) is 20.6. The molecule has 3 aromatic carbocycles. The number of hydrazone groups is 1. The SMILES string of the molecule is CCOC(=O)C1(C(=O)OCC)N[C@H](c2ccc(F)c(Cl)c2)[C@]2(C(=O)N(c3ccccc3)N=C2C)[C@@H]1c1ccccc1. The van der Waals surface area contributed by atoms with Gasteiger partial charge in [0.1, 0.15) is 11.2 Å². The highest BCUT2D eigenvalue weighted by atomic mass is 35.5. The van der Waals surface area contributed by atoms with Gasteiger partial charge >= 0.3 is 11.9 Å². The van der Waals surface area contributed by atoms with Gasteiger partial charge < -0.3 is 9.47 Å². The molecule has 2 aliphatic heterocycles. The van der Waals surface area contributed by atoms with Gasteiger partial charge in [0.2, 0.25) is 5.54 Å². The Bertz CT molecular complexity index is 1500. The predicted molar refractivity (Wildman–Crippen MR) is 152 cm³/mol. The van der Waals surface area contributed by atoms with Gasteiger partial charge in [-0.1, -0.05) is 66.2 Å². The van der Waals surface area contributed by atoms with E-state index in [1.807, 2.05) is 6.07 Å². The quantitative estimate of drug-likeness (QED) is 0.307. The third kappa shape index (κ3) is 4.31. The molecule has 41 heavy (non-hydrogen) atoms. The zero-order valence-corrected chi connectivity index (χ0v) is 23.5. The van der Waals surface area contributed by atoms with E-state index in [1.54, 1.807) is 75.4 Å². The Morgan fingerprint density at radius 3 is 2.10 bits per heavy atom. The van der Waals surface area contributed by atoms with Crippen molar-refractivity contribution in [2.45, 2.75) is 38.3 Å². The molecule has 212 valence electrons. The molecule has 3 atom stereocenters.